The Labute approximate surface area is 139 Å². The average Bonchev–Trinajstić information content (AvgIpc) is 3.07. The number of carboxylic acid groups (broad SMARTS) is 1. The van der Waals surface area contributed by atoms with Crippen molar-refractivity contribution in [1.29, 1.82) is 0 Å². The van der Waals surface area contributed by atoms with Crippen molar-refractivity contribution in [3.05, 3.63) is 44.2 Å². The van der Waals surface area contributed by atoms with E-state index in [-0.39, 0.29) is 11.5 Å². The highest BCUT2D eigenvalue weighted by molar-refractivity contribution is 9.13. The molecule has 0 radical (unpaired) electrons. The van der Waals surface area contributed by atoms with E-state index in [1.54, 1.807) is 18.2 Å². The third-order valence-corrected chi connectivity index (χ3v) is 5.91. The second-order valence-electron chi connectivity index (χ2n) is 4.00. The maximum absolute atomic E-state index is 11.2. The van der Waals surface area contributed by atoms with Crippen LogP contribution in [0, 0.1) is 0 Å². The summed E-state index contributed by atoms with van der Waals surface area (Å²) < 4.78 is 7.41. The highest BCUT2D eigenvalue weighted by Gasteiger charge is 2.18. The number of benzene rings is 1. The summed E-state index contributed by atoms with van der Waals surface area (Å²) in [7, 11) is 0. The molecule has 5 nitrogen and oxygen atoms in total. The maximum atomic E-state index is 11.2. The average molecular weight is 430 g/mol. The number of hydrogen-bond donors (Lipinski definition) is 1. The van der Waals surface area contributed by atoms with Crippen molar-refractivity contribution in [2.45, 2.75) is 0 Å². The number of halogens is 2. The van der Waals surface area contributed by atoms with Gasteiger partial charge in [0.15, 0.2) is 0 Å². The summed E-state index contributed by atoms with van der Waals surface area (Å²) in [5, 5.41) is 17.1. The molecule has 0 unspecified atom stereocenters. The van der Waals surface area contributed by atoms with E-state index in [2.05, 4.69) is 42.1 Å². The molecular weight excluding hydrogens is 424 g/mol. The molecule has 0 saturated heterocycles. The molecule has 3 rings (SSSR count). The van der Waals surface area contributed by atoms with Gasteiger partial charge in [0.1, 0.15) is 0 Å². The minimum absolute atomic E-state index is 0.126. The lowest BCUT2D eigenvalue weighted by Gasteiger charge is -1.99. The predicted octanol–water partition coefficient (Wildman–Crippen LogP) is 4.69. The van der Waals surface area contributed by atoms with E-state index < -0.39 is 5.97 Å². The van der Waals surface area contributed by atoms with E-state index in [1.165, 1.54) is 17.4 Å². The van der Waals surface area contributed by atoms with Gasteiger partial charge in [-0.05, 0) is 50.1 Å². The smallest absolute Gasteiger partial charge is 0.336 e. The van der Waals surface area contributed by atoms with Crippen LogP contribution in [0.1, 0.15) is 10.4 Å². The molecule has 0 spiro atoms. The van der Waals surface area contributed by atoms with Crippen LogP contribution in [0.4, 0.5) is 0 Å². The molecule has 0 aliphatic carbocycles. The zero-order chi connectivity index (χ0) is 15.0. The quantitative estimate of drug-likeness (QED) is 0.653. The Kier molecular flexibility index (Phi) is 3.92. The lowest BCUT2D eigenvalue weighted by Crippen LogP contribution is -1.98. The van der Waals surface area contributed by atoms with Gasteiger partial charge in [0.05, 0.1) is 19.8 Å². The van der Waals surface area contributed by atoms with E-state index in [0.29, 0.717) is 11.5 Å². The molecule has 0 atom stereocenters. The largest absolute Gasteiger partial charge is 0.478 e. The van der Waals surface area contributed by atoms with Crippen LogP contribution in [-0.2, 0) is 0 Å². The van der Waals surface area contributed by atoms with Gasteiger partial charge < -0.3 is 9.52 Å². The van der Waals surface area contributed by atoms with Crippen molar-refractivity contribution in [1.82, 2.24) is 10.2 Å². The van der Waals surface area contributed by atoms with Gasteiger partial charge >= 0.3 is 5.97 Å². The zero-order valence-electron chi connectivity index (χ0n) is 10.2. The van der Waals surface area contributed by atoms with Gasteiger partial charge in [-0.3, -0.25) is 0 Å². The molecule has 3 aromatic rings. The Balaban J connectivity index is 2.05. The molecule has 0 fully saturated rings. The number of nitrogens with zero attached hydrogens (tertiary/aromatic N) is 2. The van der Waals surface area contributed by atoms with Crippen LogP contribution in [0.2, 0.25) is 0 Å². The Morgan fingerprint density at radius 2 is 1.90 bits per heavy atom. The van der Waals surface area contributed by atoms with Crippen LogP contribution < -0.4 is 0 Å². The molecular formula is C13H6Br2N2O3S. The van der Waals surface area contributed by atoms with E-state index in [1.807, 2.05) is 6.07 Å². The minimum Gasteiger partial charge on any atom is -0.478 e. The number of carbonyl (C=O) groups is 1. The molecule has 8 heteroatoms. The van der Waals surface area contributed by atoms with Crippen LogP contribution >= 0.6 is 43.2 Å². The van der Waals surface area contributed by atoms with Crippen LogP contribution in [0.25, 0.3) is 22.2 Å². The number of thiophene rings is 1. The highest BCUT2D eigenvalue weighted by Crippen LogP contribution is 2.38. The minimum atomic E-state index is -1.04. The van der Waals surface area contributed by atoms with Crippen molar-refractivity contribution in [3.63, 3.8) is 0 Å². The second kappa shape index (κ2) is 5.70. The summed E-state index contributed by atoms with van der Waals surface area (Å²) in [6, 6.07) is 8.37. The number of hydrogen-bond acceptors (Lipinski definition) is 5. The molecule has 0 aliphatic rings. The fourth-order valence-electron chi connectivity index (χ4n) is 1.74. The summed E-state index contributed by atoms with van der Waals surface area (Å²) in [6.07, 6.45) is 0. The summed E-state index contributed by atoms with van der Waals surface area (Å²) in [5.41, 5.74) is 0.527. The molecule has 2 heterocycles. The van der Waals surface area contributed by atoms with Gasteiger partial charge in [0.25, 0.3) is 5.89 Å². The number of carboxylic acids is 1. The number of aromatic nitrogens is 2. The third kappa shape index (κ3) is 2.78. The van der Waals surface area contributed by atoms with E-state index >= 15 is 0 Å². The molecule has 1 N–H and O–H groups in total. The van der Waals surface area contributed by atoms with Crippen molar-refractivity contribution >= 4 is 49.2 Å². The molecule has 0 saturated carbocycles. The molecule has 0 bridgehead atoms. The molecule has 21 heavy (non-hydrogen) atoms. The fourth-order valence-corrected chi connectivity index (χ4v) is 3.70. The lowest BCUT2D eigenvalue weighted by atomic mass is 10.1. The van der Waals surface area contributed by atoms with Crippen molar-refractivity contribution in [2.75, 3.05) is 0 Å². The van der Waals surface area contributed by atoms with Gasteiger partial charge in [-0.15, -0.1) is 21.5 Å². The van der Waals surface area contributed by atoms with Gasteiger partial charge in [0, 0.05) is 4.47 Å². The van der Waals surface area contributed by atoms with Crippen molar-refractivity contribution in [2.24, 2.45) is 0 Å². The first-order valence-corrected chi connectivity index (χ1v) is 8.08. The highest BCUT2D eigenvalue weighted by atomic mass is 79.9. The Morgan fingerprint density at radius 1 is 1.19 bits per heavy atom. The standard InChI is InChI=1S/C13H6Br2N2O3S/c14-8-5-9(21-10(8)15)12-17-16-11(20-12)6-3-1-2-4-7(6)13(18)19/h1-5H,(H,18,19). The molecule has 106 valence electrons. The Hall–Kier alpha value is -1.51. The number of rotatable bonds is 3. The van der Waals surface area contributed by atoms with Crippen molar-refractivity contribution < 1.29 is 14.3 Å². The van der Waals surface area contributed by atoms with E-state index in [9.17, 15) is 9.90 Å². The summed E-state index contributed by atoms with van der Waals surface area (Å²) in [6.45, 7) is 0. The normalized spacial score (nSPS) is 10.8. The molecule has 1 aromatic carbocycles. The molecule has 2 aromatic heterocycles. The van der Waals surface area contributed by atoms with E-state index in [4.69, 9.17) is 4.42 Å². The van der Waals surface area contributed by atoms with Crippen molar-refractivity contribution in [3.8, 4) is 22.2 Å². The fraction of sp³-hybridized carbons (Fsp3) is 0. The summed E-state index contributed by atoms with van der Waals surface area (Å²) >= 11 is 8.24. The van der Waals surface area contributed by atoms with Gasteiger partial charge in [-0.2, -0.15) is 0 Å². The zero-order valence-corrected chi connectivity index (χ0v) is 14.2. The monoisotopic (exact) mass is 428 g/mol. The second-order valence-corrected chi connectivity index (χ2v) is 7.22. The van der Waals surface area contributed by atoms with Crippen LogP contribution in [0.3, 0.4) is 0 Å². The van der Waals surface area contributed by atoms with Gasteiger partial charge in [-0.1, -0.05) is 12.1 Å². The first kappa shape index (κ1) is 14.4. The third-order valence-electron chi connectivity index (χ3n) is 2.67. The van der Waals surface area contributed by atoms with Gasteiger partial charge in [-0.25, -0.2) is 4.79 Å². The van der Waals surface area contributed by atoms with Crippen LogP contribution in [0.15, 0.2) is 43.0 Å². The van der Waals surface area contributed by atoms with Crippen LogP contribution in [-0.4, -0.2) is 21.3 Å². The SMILES string of the molecule is O=C(O)c1ccccc1-c1nnc(-c2cc(Br)c(Br)s2)o1. The number of aromatic carboxylic acids is 1. The summed E-state index contributed by atoms with van der Waals surface area (Å²) in [5.74, 6) is -0.503. The Bertz CT molecular complexity index is 809. The topological polar surface area (TPSA) is 76.2 Å². The lowest BCUT2D eigenvalue weighted by molar-refractivity contribution is 0.0697. The predicted molar refractivity (Wildman–Crippen MR) is 85.4 cm³/mol. The van der Waals surface area contributed by atoms with E-state index in [0.717, 1.165) is 13.1 Å². The first-order chi connectivity index (χ1) is 10.1. The van der Waals surface area contributed by atoms with Crippen LogP contribution in [0.5, 0.6) is 0 Å². The molecule has 0 aliphatic heterocycles. The van der Waals surface area contributed by atoms with Gasteiger partial charge in [0.2, 0.25) is 5.89 Å². The Morgan fingerprint density at radius 3 is 2.57 bits per heavy atom. The maximum Gasteiger partial charge on any atom is 0.336 e. The molecule has 0 amide bonds. The first-order valence-electron chi connectivity index (χ1n) is 5.67. The summed E-state index contributed by atoms with van der Waals surface area (Å²) in [4.78, 5) is 12.0.